The van der Waals surface area contributed by atoms with Gasteiger partial charge in [0.05, 0.1) is 41.7 Å². The number of ketones is 1. The molecule has 0 spiro atoms. The van der Waals surface area contributed by atoms with Gasteiger partial charge in [-0.1, -0.05) is 18.2 Å². The van der Waals surface area contributed by atoms with Crippen LogP contribution in [0.1, 0.15) is 24.6 Å². The predicted octanol–water partition coefficient (Wildman–Crippen LogP) is 2.76. The zero-order valence-corrected chi connectivity index (χ0v) is 25.6. The lowest BCUT2D eigenvalue weighted by molar-refractivity contribution is -0.134. The number of nitrogens with one attached hydrogen (secondary N) is 2. The molecule has 2 saturated heterocycles. The summed E-state index contributed by atoms with van der Waals surface area (Å²) in [6.07, 6.45) is 5.15. The minimum absolute atomic E-state index is 0.0508. The van der Waals surface area contributed by atoms with Gasteiger partial charge < -0.3 is 19.9 Å². The summed E-state index contributed by atoms with van der Waals surface area (Å²) < 4.78 is 6.69. The third-order valence-electron chi connectivity index (χ3n) is 7.93. The highest BCUT2D eigenvalue weighted by atomic mass is 32.1. The second-order valence-electron chi connectivity index (χ2n) is 10.9. The summed E-state index contributed by atoms with van der Waals surface area (Å²) in [6, 6.07) is 8.19. The van der Waals surface area contributed by atoms with Gasteiger partial charge in [0.15, 0.2) is 17.4 Å². The summed E-state index contributed by atoms with van der Waals surface area (Å²) in [5.41, 5.74) is 2.81. The maximum atomic E-state index is 12.7. The Balaban J connectivity index is 1.11. The number of anilines is 1. The first-order chi connectivity index (χ1) is 21.5. The van der Waals surface area contributed by atoms with Gasteiger partial charge in [0.1, 0.15) is 0 Å². The number of hydrogen-bond donors (Lipinski definition) is 2. The number of piperazine rings is 1. The summed E-state index contributed by atoms with van der Waals surface area (Å²) in [7, 11) is 0. The van der Waals surface area contributed by atoms with E-state index in [0.29, 0.717) is 32.1 Å². The number of thiophene rings is 1. The molecule has 13 heteroatoms. The van der Waals surface area contributed by atoms with Crippen molar-refractivity contribution in [2.75, 3.05) is 63.9 Å². The number of amides is 2. The van der Waals surface area contributed by atoms with Crippen LogP contribution in [0.3, 0.4) is 0 Å². The fourth-order valence-electron chi connectivity index (χ4n) is 5.57. The van der Waals surface area contributed by atoms with Crippen LogP contribution in [0, 0.1) is 0 Å². The molecule has 0 saturated carbocycles. The van der Waals surface area contributed by atoms with Crippen LogP contribution >= 0.6 is 11.3 Å². The Morgan fingerprint density at radius 2 is 1.89 bits per heavy atom. The molecule has 2 aliphatic rings. The molecule has 1 aromatic carbocycles. The van der Waals surface area contributed by atoms with Gasteiger partial charge in [-0.25, -0.2) is 9.97 Å². The number of carbonyl (C=O) groups excluding carboxylic acids is 3. The Kier molecular flexibility index (Phi) is 9.24. The molecule has 5 heterocycles. The number of allylic oxidation sites excluding steroid dienone is 2. The zero-order valence-electron chi connectivity index (χ0n) is 24.8. The highest BCUT2D eigenvalue weighted by Crippen LogP contribution is 2.36. The first-order valence-corrected chi connectivity index (χ1v) is 15.8. The Morgan fingerprint density at radius 3 is 2.68 bits per heavy atom. The average Bonchev–Trinajstić information content (AvgIpc) is 3.70. The molecule has 0 bridgehead atoms. The molecule has 2 fully saturated rings. The quantitative estimate of drug-likeness (QED) is 0.258. The van der Waals surface area contributed by atoms with Gasteiger partial charge in [-0.15, -0.1) is 11.3 Å². The maximum Gasteiger partial charge on any atom is 0.242 e. The molecule has 0 aliphatic carbocycles. The van der Waals surface area contributed by atoms with Crippen molar-refractivity contribution in [1.29, 1.82) is 0 Å². The number of aromatic amines is 1. The van der Waals surface area contributed by atoms with Crippen molar-refractivity contribution in [3.05, 3.63) is 47.5 Å². The third kappa shape index (κ3) is 6.79. The summed E-state index contributed by atoms with van der Waals surface area (Å²) in [6.45, 7) is 8.02. The topological polar surface area (TPSA) is 137 Å². The number of rotatable bonds is 10. The first-order valence-electron chi connectivity index (χ1n) is 15.0. The van der Waals surface area contributed by atoms with E-state index in [2.05, 4.69) is 31.4 Å². The van der Waals surface area contributed by atoms with Gasteiger partial charge in [-0.05, 0) is 25.1 Å². The molecule has 12 nitrogen and oxygen atoms in total. The Labute approximate surface area is 259 Å². The second kappa shape index (κ2) is 13.6. The Morgan fingerprint density at radius 1 is 1.07 bits per heavy atom. The summed E-state index contributed by atoms with van der Waals surface area (Å²) in [5, 5.41) is 10.9. The van der Waals surface area contributed by atoms with E-state index in [1.165, 1.54) is 11.0 Å². The van der Waals surface area contributed by atoms with Gasteiger partial charge in [0.2, 0.25) is 11.8 Å². The van der Waals surface area contributed by atoms with E-state index in [-0.39, 0.29) is 37.0 Å². The SMILES string of the molecule is CC=CC(=O)CCC(=O)NCC(=O)N1CCN(Cc2cc3nc(-c4cccc5[nH]ncc45)nc(N4CCOCC4)c3s2)CC1. The fourth-order valence-corrected chi connectivity index (χ4v) is 6.73. The van der Waals surface area contributed by atoms with Crippen LogP contribution in [-0.4, -0.2) is 107 Å². The molecule has 2 N–H and O–H groups in total. The maximum absolute atomic E-state index is 12.7. The van der Waals surface area contributed by atoms with E-state index >= 15 is 0 Å². The molecular formula is C31H36N8O4S. The Hall–Kier alpha value is -4.20. The average molecular weight is 617 g/mol. The number of H-pyrrole nitrogens is 1. The second-order valence-corrected chi connectivity index (χ2v) is 12.1. The van der Waals surface area contributed by atoms with Crippen molar-refractivity contribution in [3.8, 4) is 11.4 Å². The minimum atomic E-state index is -0.288. The standard InChI is InChI=1S/C31H36N8O4S/c1-2-4-21(40)7-8-27(41)32-19-28(42)38-11-9-37(10-12-38)20-22-17-26-29(44-22)31(39-13-15-43-16-14-39)35-30(34-26)23-5-3-6-25-24(23)18-33-36-25/h2-6,17-18H,7-16,19-20H2,1H3,(H,32,41)(H,33,36). The van der Waals surface area contributed by atoms with Gasteiger partial charge in [0, 0.05) is 74.5 Å². The first kappa shape index (κ1) is 29.9. The molecule has 2 aliphatic heterocycles. The monoisotopic (exact) mass is 616 g/mol. The molecule has 2 amide bonds. The number of ether oxygens (including phenoxy) is 1. The zero-order chi connectivity index (χ0) is 30.5. The van der Waals surface area contributed by atoms with E-state index in [9.17, 15) is 14.4 Å². The van der Waals surface area contributed by atoms with Crippen molar-refractivity contribution < 1.29 is 19.1 Å². The minimum Gasteiger partial charge on any atom is -0.378 e. The van der Waals surface area contributed by atoms with E-state index < -0.39 is 0 Å². The molecule has 0 atom stereocenters. The van der Waals surface area contributed by atoms with Crippen LogP contribution in [0.4, 0.5) is 5.82 Å². The van der Waals surface area contributed by atoms with E-state index in [4.69, 9.17) is 14.7 Å². The van der Waals surface area contributed by atoms with Crippen LogP contribution in [0.2, 0.25) is 0 Å². The fraction of sp³-hybridized carbons (Fsp3) is 0.419. The molecule has 0 unspecified atom stereocenters. The van der Waals surface area contributed by atoms with Crippen LogP contribution in [-0.2, 0) is 25.7 Å². The van der Waals surface area contributed by atoms with Gasteiger partial charge in [-0.3, -0.25) is 24.4 Å². The summed E-state index contributed by atoms with van der Waals surface area (Å²) in [5.74, 6) is 1.13. The lowest BCUT2D eigenvalue weighted by atomic mass is 10.1. The lowest BCUT2D eigenvalue weighted by Crippen LogP contribution is -2.50. The molecule has 4 aromatic rings. The molecular weight excluding hydrogens is 580 g/mol. The number of fused-ring (bicyclic) bond motifs is 2. The number of aromatic nitrogens is 4. The molecule has 6 rings (SSSR count). The van der Waals surface area contributed by atoms with Gasteiger partial charge in [-0.2, -0.15) is 5.10 Å². The van der Waals surface area contributed by atoms with Crippen LogP contribution in [0.5, 0.6) is 0 Å². The number of benzene rings is 1. The van der Waals surface area contributed by atoms with Crippen molar-refractivity contribution in [3.63, 3.8) is 0 Å². The predicted molar refractivity (Wildman–Crippen MR) is 169 cm³/mol. The number of morpholine rings is 1. The van der Waals surface area contributed by atoms with Crippen molar-refractivity contribution in [2.45, 2.75) is 26.3 Å². The van der Waals surface area contributed by atoms with Crippen molar-refractivity contribution in [2.24, 2.45) is 0 Å². The van der Waals surface area contributed by atoms with Gasteiger partial charge >= 0.3 is 0 Å². The smallest absolute Gasteiger partial charge is 0.242 e. The largest absolute Gasteiger partial charge is 0.378 e. The van der Waals surface area contributed by atoms with E-state index in [1.807, 2.05) is 24.4 Å². The summed E-state index contributed by atoms with van der Waals surface area (Å²) >= 11 is 1.72. The van der Waals surface area contributed by atoms with Crippen molar-refractivity contribution in [1.82, 2.24) is 35.3 Å². The number of hydrogen-bond acceptors (Lipinski definition) is 10. The molecule has 3 aromatic heterocycles. The van der Waals surface area contributed by atoms with Crippen LogP contribution < -0.4 is 10.2 Å². The van der Waals surface area contributed by atoms with Crippen LogP contribution in [0.15, 0.2) is 42.6 Å². The lowest BCUT2D eigenvalue weighted by Gasteiger charge is -2.34. The van der Waals surface area contributed by atoms with Gasteiger partial charge in [0.25, 0.3) is 0 Å². The third-order valence-corrected chi connectivity index (χ3v) is 9.04. The number of carbonyl (C=O) groups is 3. The normalized spacial score (nSPS) is 16.3. The van der Waals surface area contributed by atoms with Crippen molar-refractivity contribution >= 4 is 55.9 Å². The molecule has 44 heavy (non-hydrogen) atoms. The molecule has 230 valence electrons. The van der Waals surface area contributed by atoms with E-state index in [0.717, 1.165) is 65.2 Å². The van der Waals surface area contributed by atoms with Crippen LogP contribution in [0.25, 0.3) is 32.5 Å². The highest BCUT2D eigenvalue weighted by molar-refractivity contribution is 7.19. The number of nitrogens with zero attached hydrogens (tertiary/aromatic N) is 6. The summed E-state index contributed by atoms with van der Waals surface area (Å²) in [4.78, 5) is 54.1. The Bertz CT molecular complexity index is 1680. The highest BCUT2D eigenvalue weighted by Gasteiger charge is 2.24. The van der Waals surface area contributed by atoms with E-state index in [1.54, 1.807) is 29.2 Å². The molecule has 0 radical (unpaired) electrons.